The number of hydrogen-bond donors (Lipinski definition) is 0. The van der Waals surface area contributed by atoms with E-state index in [1.807, 2.05) is 0 Å². The summed E-state index contributed by atoms with van der Waals surface area (Å²) in [6.07, 6.45) is 0. The number of carboxylic acid groups (broad SMARTS) is 1. The zero-order chi connectivity index (χ0) is 20.2. The van der Waals surface area contributed by atoms with E-state index in [9.17, 15) is 14.7 Å². The third-order valence-corrected chi connectivity index (χ3v) is 6.53. The summed E-state index contributed by atoms with van der Waals surface area (Å²) in [6.45, 7) is 0. The van der Waals surface area contributed by atoms with E-state index in [1.165, 1.54) is 6.07 Å². The molecule has 0 aromatic heterocycles. The van der Waals surface area contributed by atoms with E-state index in [2.05, 4.69) is 69.8 Å². The molecule has 140 valence electrons. The molecule has 1 aliphatic carbocycles. The van der Waals surface area contributed by atoms with Crippen molar-refractivity contribution in [3.8, 4) is 22.5 Å². The first-order chi connectivity index (χ1) is 13.3. The average molecular weight is 676 g/mol. The fourth-order valence-corrected chi connectivity index (χ4v) is 5.48. The van der Waals surface area contributed by atoms with Crippen molar-refractivity contribution in [3.05, 3.63) is 76.1 Å². The molecule has 0 bridgehead atoms. The van der Waals surface area contributed by atoms with Gasteiger partial charge in [0.1, 0.15) is 10.2 Å². The quantitative estimate of drug-likeness (QED) is 0.168. The van der Waals surface area contributed by atoms with Crippen molar-refractivity contribution in [2.75, 3.05) is 0 Å². The minimum atomic E-state index is -1.29. The van der Waals surface area contributed by atoms with Crippen molar-refractivity contribution in [2.24, 2.45) is 0 Å². The number of halogens is 4. The number of carbonyl (C=O) groups excluding carboxylic acids is 1. The van der Waals surface area contributed by atoms with E-state index in [4.69, 9.17) is 4.42 Å². The molecule has 2 aromatic carbocycles. The first-order valence-corrected chi connectivity index (χ1v) is 10.9. The molecular formula is C20H6Br4Na2O4. The molecule has 0 saturated heterocycles. The normalized spacial score (nSPS) is 10.5. The Morgan fingerprint density at radius 1 is 1.00 bits per heavy atom. The molecule has 30 heavy (non-hydrogen) atoms. The van der Waals surface area contributed by atoms with Gasteiger partial charge in [-0.1, -0.05) is 70.5 Å². The largest absolute Gasteiger partial charge is 1.00 e. The predicted octanol–water partition coefficient (Wildman–Crippen LogP) is -0.214. The number of hydrogen-bond acceptors (Lipinski definition) is 4. The Kier molecular flexibility index (Phi) is 9.49. The summed E-state index contributed by atoms with van der Waals surface area (Å²) in [4.78, 5) is 24.2. The smallest absolute Gasteiger partial charge is 0.545 e. The third-order valence-electron chi connectivity index (χ3n) is 4.23. The van der Waals surface area contributed by atoms with Gasteiger partial charge in [0.05, 0.1) is 10.4 Å². The Balaban J connectivity index is 0.00000160. The second-order valence-corrected chi connectivity index (χ2v) is 9.16. The molecule has 4 nitrogen and oxygen atoms in total. The van der Waals surface area contributed by atoms with Gasteiger partial charge in [0, 0.05) is 16.7 Å². The molecule has 0 amide bonds. The average Bonchev–Trinajstić information content (AvgIpc) is 2.65. The summed E-state index contributed by atoms with van der Waals surface area (Å²) in [6, 6.07) is 13.0. The maximum atomic E-state index is 12.4. The molecule has 0 spiro atoms. The molecule has 1 heterocycles. The Hall–Kier alpha value is 0.520. The summed E-state index contributed by atoms with van der Waals surface area (Å²) in [5, 5.41) is 12.4. The van der Waals surface area contributed by atoms with Crippen LogP contribution < -0.4 is 69.6 Å². The molecule has 0 radical (unpaired) electrons. The zero-order valence-electron chi connectivity index (χ0n) is 15.6. The molecule has 0 atom stereocenters. The van der Waals surface area contributed by atoms with Gasteiger partial charge in [-0.3, -0.25) is 4.79 Å². The second kappa shape index (κ2) is 10.6. The summed E-state index contributed by atoms with van der Waals surface area (Å²) in [5.41, 5.74) is 1.83. The van der Waals surface area contributed by atoms with Crippen LogP contribution in [0.5, 0.6) is 0 Å². The fourth-order valence-electron chi connectivity index (χ4n) is 3.08. The number of carboxylic acids is 1. The summed E-state index contributed by atoms with van der Waals surface area (Å²) >= 11 is 13.4. The summed E-state index contributed by atoms with van der Waals surface area (Å²) in [5.74, 6) is -0.989. The van der Waals surface area contributed by atoms with Gasteiger partial charge in [-0.25, -0.2) is 0 Å². The number of benzene rings is 3. The van der Waals surface area contributed by atoms with Crippen molar-refractivity contribution < 1.29 is 73.4 Å². The van der Waals surface area contributed by atoms with E-state index in [0.29, 0.717) is 46.8 Å². The topological polar surface area (TPSA) is 70.3 Å². The Labute approximate surface area is 249 Å². The van der Waals surface area contributed by atoms with Gasteiger partial charge in [-0.2, -0.15) is 6.07 Å². The second-order valence-electron chi connectivity index (χ2n) is 5.86. The van der Waals surface area contributed by atoms with Crippen molar-refractivity contribution in [3.63, 3.8) is 0 Å². The molecule has 4 rings (SSSR count). The molecule has 0 unspecified atom stereocenters. The standard InChI is InChI=1S/C20H7Br4O4.2Na/c21-8-5-11-15(9-3-1-2-4-10(9)20(26)27)12-7-13(22)17(25)16(24)19(12)28-18(11)14(23)6-8;;/h1-5,7H,(H,26,27);;/q-1;2*+1/p-1. The number of aromatic carboxylic acids is 1. The molecule has 10 heteroatoms. The molecule has 0 saturated carbocycles. The first-order valence-electron chi connectivity index (χ1n) is 7.76. The van der Waals surface area contributed by atoms with Crippen LogP contribution in [0.4, 0.5) is 0 Å². The van der Waals surface area contributed by atoms with Gasteiger partial charge in [-0.05, 0) is 49.1 Å². The Bertz CT molecular complexity index is 1320. The van der Waals surface area contributed by atoms with Crippen LogP contribution >= 0.6 is 63.7 Å². The van der Waals surface area contributed by atoms with E-state index in [0.717, 1.165) is 0 Å². The van der Waals surface area contributed by atoms with E-state index in [1.54, 1.807) is 30.3 Å². The van der Waals surface area contributed by atoms with Gasteiger partial charge < -0.3 is 14.3 Å². The van der Waals surface area contributed by atoms with E-state index in [-0.39, 0.29) is 74.6 Å². The number of rotatable bonds is 2. The van der Waals surface area contributed by atoms with Gasteiger partial charge >= 0.3 is 59.1 Å². The minimum absolute atomic E-state index is 0. The van der Waals surface area contributed by atoms with Crippen LogP contribution in [0.2, 0.25) is 0 Å². The zero-order valence-corrected chi connectivity index (χ0v) is 26.0. The van der Waals surface area contributed by atoms with Crippen LogP contribution in [0, 0.1) is 6.07 Å². The SMILES string of the molecule is O=C([O-])c1ccccc1-c1c2cc(Br)c(=O)c(Br)c-2oc2c(Br)[c-]c(Br)cc12.[Na+].[Na+]. The van der Waals surface area contributed by atoms with Gasteiger partial charge in [0.2, 0.25) is 5.43 Å². The predicted molar refractivity (Wildman–Crippen MR) is 119 cm³/mol. The molecule has 0 N–H and O–H groups in total. The summed E-state index contributed by atoms with van der Waals surface area (Å²) in [7, 11) is 0. The van der Waals surface area contributed by atoms with Crippen LogP contribution in [-0.2, 0) is 0 Å². The van der Waals surface area contributed by atoms with Crippen molar-refractivity contribution >= 4 is 80.7 Å². The molecular weight excluding hydrogens is 670 g/mol. The Morgan fingerprint density at radius 3 is 2.33 bits per heavy atom. The van der Waals surface area contributed by atoms with Crippen LogP contribution in [0.25, 0.3) is 33.4 Å². The maximum Gasteiger partial charge on any atom is 1.00 e. The first kappa shape index (κ1) is 26.8. The van der Waals surface area contributed by atoms with E-state index >= 15 is 0 Å². The molecule has 2 aliphatic rings. The molecule has 1 aliphatic heterocycles. The van der Waals surface area contributed by atoms with Crippen molar-refractivity contribution in [1.82, 2.24) is 0 Å². The van der Waals surface area contributed by atoms with Crippen LogP contribution in [-0.4, -0.2) is 5.97 Å². The van der Waals surface area contributed by atoms with Crippen LogP contribution in [0.3, 0.4) is 0 Å². The molecule has 2 aromatic rings. The molecule has 0 fully saturated rings. The van der Waals surface area contributed by atoms with Crippen molar-refractivity contribution in [2.45, 2.75) is 0 Å². The third kappa shape index (κ3) is 4.74. The van der Waals surface area contributed by atoms with Gasteiger partial charge in [0.25, 0.3) is 0 Å². The monoisotopic (exact) mass is 672 g/mol. The summed E-state index contributed by atoms with van der Waals surface area (Å²) < 4.78 is 7.79. The van der Waals surface area contributed by atoms with E-state index < -0.39 is 5.97 Å². The number of fused-ring (bicyclic) bond motifs is 2. The van der Waals surface area contributed by atoms with Gasteiger partial charge in [-0.15, -0.1) is 6.07 Å². The van der Waals surface area contributed by atoms with Crippen LogP contribution in [0.1, 0.15) is 10.4 Å². The minimum Gasteiger partial charge on any atom is -0.545 e. The fraction of sp³-hybridized carbons (Fsp3) is 0. The van der Waals surface area contributed by atoms with Crippen molar-refractivity contribution in [1.29, 1.82) is 0 Å². The number of carbonyl (C=O) groups is 1. The Morgan fingerprint density at radius 2 is 1.67 bits per heavy atom. The van der Waals surface area contributed by atoms with Crippen LogP contribution in [0.15, 0.2) is 63.5 Å². The maximum absolute atomic E-state index is 12.4. The van der Waals surface area contributed by atoms with Gasteiger partial charge in [0.15, 0.2) is 0 Å².